The first-order chi connectivity index (χ1) is 15.4. The highest BCUT2D eigenvalue weighted by Gasteiger charge is 2.48. The molecule has 8 heteroatoms. The summed E-state index contributed by atoms with van der Waals surface area (Å²) >= 11 is 0. The molecule has 2 N–H and O–H groups in total. The van der Waals surface area contributed by atoms with Crippen molar-refractivity contribution in [2.75, 3.05) is 0 Å². The Kier molecular flexibility index (Phi) is 5.93. The average molecular weight is 433 g/mol. The van der Waals surface area contributed by atoms with E-state index in [2.05, 4.69) is 10.7 Å². The summed E-state index contributed by atoms with van der Waals surface area (Å²) in [6, 6.07) is 21.3. The van der Waals surface area contributed by atoms with Crippen molar-refractivity contribution in [1.82, 2.24) is 15.8 Å². The van der Waals surface area contributed by atoms with E-state index in [0.717, 1.165) is 5.56 Å². The molecule has 3 aromatic rings. The van der Waals surface area contributed by atoms with Gasteiger partial charge in [-0.1, -0.05) is 48.5 Å². The van der Waals surface area contributed by atoms with E-state index >= 15 is 0 Å². The van der Waals surface area contributed by atoms with Gasteiger partial charge in [0.2, 0.25) is 0 Å². The number of hydrazine groups is 1. The van der Waals surface area contributed by atoms with Crippen LogP contribution >= 0.6 is 0 Å². The predicted octanol–water partition coefficient (Wildman–Crippen LogP) is 3.45. The van der Waals surface area contributed by atoms with Gasteiger partial charge in [-0.05, 0) is 49.6 Å². The normalized spacial score (nSPS) is 17.8. The lowest BCUT2D eigenvalue weighted by Gasteiger charge is -2.21. The van der Waals surface area contributed by atoms with Gasteiger partial charge in [-0.3, -0.25) is 9.59 Å². The molecule has 1 atom stereocenters. The van der Waals surface area contributed by atoms with Crippen LogP contribution in [-0.2, 0) is 17.8 Å². The van der Waals surface area contributed by atoms with E-state index in [1.165, 1.54) is 6.07 Å². The minimum atomic E-state index is -1.11. The van der Waals surface area contributed by atoms with Gasteiger partial charge < -0.3 is 14.5 Å². The second-order valence-corrected chi connectivity index (χ2v) is 7.70. The Morgan fingerprint density at radius 2 is 1.72 bits per heavy atom. The molecule has 4 amide bonds. The largest absolute Gasteiger partial charge is 0.486 e. The third-order valence-electron chi connectivity index (χ3n) is 5.24. The average Bonchev–Trinajstić information content (AvgIpc) is 3.37. The van der Waals surface area contributed by atoms with Crippen molar-refractivity contribution in [1.29, 1.82) is 0 Å². The van der Waals surface area contributed by atoms with E-state index in [9.17, 15) is 14.4 Å². The molecule has 2 aromatic carbocycles. The van der Waals surface area contributed by atoms with Gasteiger partial charge in [0, 0.05) is 0 Å². The number of imide groups is 1. The number of aryl methyl sites for hydroxylation is 1. The molecule has 0 radical (unpaired) electrons. The van der Waals surface area contributed by atoms with Gasteiger partial charge in [-0.2, -0.15) is 5.01 Å². The van der Waals surface area contributed by atoms with E-state index in [-0.39, 0.29) is 12.4 Å². The van der Waals surface area contributed by atoms with Crippen LogP contribution in [0.4, 0.5) is 4.79 Å². The van der Waals surface area contributed by atoms with Gasteiger partial charge in [-0.15, -0.1) is 0 Å². The van der Waals surface area contributed by atoms with E-state index < -0.39 is 23.4 Å². The Balaban J connectivity index is 1.35. The van der Waals surface area contributed by atoms with E-state index in [1.807, 2.05) is 60.7 Å². The number of hydrogen-bond donors (Lipinski definition) is 2. The number of carbonyl (C=O) groups is 3. The van der Waals surface area contributed by atoms with Crippen LogP contribution in [0.5, 0.6) is 5.75 Å². The molecule has 1 saturated heterocycles. The molecule has 1 aromatic heterocycles. The first-order valence-corrected chi connectivity index (χ1v) is 10.2. The molecule has 1 aliphatic heterocycles. The van der Waals surface area contributed by atoms with Crippen LogP contribution in [-0.4, -0.2) is 28.4 Å². The molecular formula is C24H23N3O5. The topological polar surface area (TPSA) is 101 Å². The van der Waals surface area contributed by atoms with Crippen molar-refractivity contribution in [3.05, 3.63) is 89.9 Å². The molecule has 1 unspecified atom stereocenters. The lowest BCUT2D eigenvalue weighted by molar-refractivity contribution is -0.132. The summed E-state index contributed by atoms with van der Waals surface area (Å²) in [7, 11) is 0. The zero-order valence-corrected chi connectivity index (χ0v) is 17.5. The lowest BCUT2D eigenvalue weighted by Crippen LogP contribution is -2.48. The molecule has 0 spiro atoms. The van der Waals surface area contributed by atoms with Crippen molar-refractivity contribution in [3.8, 4) is 5.75 Å². The Morgan fingerprint density at radius 3 is 2.44 bits per heavy atom. The zero-order chi connectivity index (χ0) is 22.6. The van der Waals surface area contributed by atoms with Gasteiger partial charge in [-0.25, -0.2) is 10.2 Å². The lowest BCUT2D eigenvalue weighted by atomic mass is 9.93. The summed E-state index contributed by atoms with van der Waals surface area (Å²) in [6.07, 6.45) is 1.00. The molecule has 164 valence electrons. The van der Waals surface area contributed by atoms with Gasteiger partial charge >= 0.3 is 11.9 Å². The maximum absolute atomic E-state index is 12.9. The molecule has 0 saturated carbocycles. The number of amides is 4. The van der Waals surface area contributed by atoms with Gasteiger partial charge in [0.15, 0.2) is 5.76 Å². The number of carbonyl (C=O) groups excluding carboxylic acids is 3. The number of urea groups is 1. The minimum absolute atomic E-state index is 0.0323. The Morgan fingerprint density at radius 1 is 1.03 bits per heavy atom. The number of para-hydroxylation sites is 1. The number of hydrogen-bond acceptors (Lipinski definition) is 5. The summed E-state index contributed by atoms with van der Waals surface area (Å²) < 4.78 is 11.1. The van der Waals surface area contributed by atoms with E-state index in [1.54, 1.807) is 13.0 Å². The van der Waals surface area contributed by atoms with Crippen LogP contribution < -0.4 is 15.5 Å². The third kappa shape index (κ3) is 4.64. The second-order valence-electron chi connectivity index (χ2n) is 7.70. The number of benzene rings is 2. The van der Waals surface area contributed by atoms with Crippen molar-refractivity contribution < 1.29 is 23.5 Å². The monoisotopic (exact) mass is 433 g/mol. The van der Waals surface area contributed by atoms with Crippen molar-refractivity contribution >= 4 is 17.8 Å². The summed E-state index contributed by atoms with van der Waals surface area (Å²) in [5.41, 5.74) is 2.28. The first-order valence-electron chi connectivity index (χ1n) is 10.2. The molecule has 32 heavy (non-hydrogen) atoms. The fourth-order valence-corrected chi connectivity index (χ4v) is 3.40. The molecule has 0 bridgehead atoms. The number of ether oxygens (including phenoxy) is 1. The molecule has 1 aliphatic rings. The minimum Gasteiger partial charge on any atom is -0.486 e. The van der Waals surface area contributed by atoms with E-state index in [0.29, 0.717) is 29.4 Å². The van der Waals surface area contributed by atoms with Crippen LogP contribution in [0.1, 0.15) is 35.2 Å². The maximum atomic E-state index is 12.9. The molecule has 8 nitrogen and oxygen atoms in total. The van der Waals surface area contributed by atoms with Crippen LogP contribution in [0.25, 0.3) is 0 Å². The Hall–Kier alpha value is -4.07. The highest BCUT2D eigenvalue weighted by molar-refractivity contribution is 6.08. The quantitative estimate of drug-likeness (QED) is 0.530. The molecule has 4 rings (SSSR count). The summed E-state index contributed by atoms with van der Waals surface area (Å²) in [4.78, 5) is 37.8. The zero-order valence-electron chi connectivity index (χ0n) is 17.5. The number of nitrogens with zero attached hydrogens (tertiary/aromatic N) is 1. The van der Waals surface area contributed by atoms with Gasteiger partial charge in [0.05, 0.1) is 0 Å². The summed E-state index contributed by atoms with van der Waals surface area (Å²) in [5, 5.41) is 3.38. The summed E-state index contributed by atoms with van der Waals surface area (Å²) in [6.45, 7) is 1.78. The van der Waals surface area contributed by atoms with Gasteiger partial charge in [0.1, 0.15) is 23.7 Å². The second kappa shape index (κ2) is 8.97. The van der Waals surface area contributed by atoms with Crippen LogP contribution in [0.15, 0.2) is 77.2 Å². The van der Waals surface area contributed by atoms with Gasteiger partial charge in [0.25, 0.3) is 5.91 Å². The van der Waals surface area contributed by atoms with Crippen molar-refractivity contribution in [3.63, 3.8) is 0 Å². The Bertz CT molecular complexity index is 1110. The SMILES string of the molecule is CC1(CCc2ccccc2)NC(=O)N(NC(=O)c2ccc(COc3ccccc3)o2)C1=O. The molecule has 1 fully saturated rings. The predicted molar refractivity (Wildman–Crippen MR) is 115 cm³/mol. The smallest absolute Gasteiger partial charge is 0.344 e. The van der Waals surface area contributed by atoms with Crippen LogP contribution in [0.2, 0.25) is 0 Å². The molecule has 2 heterocycles. The van der Waals surface area contributed by atoms with Crippen molar-refractivity contribution in [2.24, 2.45) is 0 Å². The standard InChI is InChI=1S/C24H23N3O5/c1-24(15-14-17-8-4-2-5-9-17)22(29)27(23(30)25-24)26-21(28)20-13-12-19(32-20)16-31-18-10-6-3-7-11-18/h2-13H,14-16H2,1H3,(H,25,30)(H,26,28). The highest BCUT2D eigenvalue weighted by Crippen LogP contribution is 2.23. The molecule has 0 aliphatic carbocycles. The van der Waals surface area contributed by atoms with Crippen molar-refractivity contribution in [2.45, 2.75) is 31.9 Å². The maximum Gasteiger partial charge on any atom is 0.344 e. The Labute approximate surface area is 185 Å². The van der Waals surface area contributed by atoms with Crippen LogP contribution in [0, 0.1) is 0 Å². The fraction of sp³-hybridized carbons (Fsp3) is 0.208. The summed E-state index contributed by atoms with van der Waals surface area (Å²) in [5.74, 6) is -0.152. The third-order valence-corrected chi connectivity index (χ3v) is 5.24. The van der Waals surface area contributed by atoms with Crippen LogP contribution in [0.3, 0.4) is 0 Å². The van der Waals surface area contributed by atoms with E-state index in [4.69, 9.17) is 9.15 Å². The number of furan rings is 1. The number of nitrogens with one attached hydrogen (secondary N) is 2. The number of rotatable bonds is 8. The molecular weight excluding hydrogens is 410 g/mol. The first kappa shape index (κ1) is 21.2. The fourth-order valence-electron chi connectivity index (χ4n) is 3.40. The highest BCUT2D eigenvalue weighted by atomic mass is 16.5.